The second-order valence-electron chi connectivity index (χ2n) is 31.4. The van der Waals surface area contributed by atoms with E-state index in [1.165, 1.54) is 164 Å². The van der Waals surface area contributed by atoms with Crippen LogP contribution in [0.2, 0.25) is 0 Å². The minimum atomic E-state index is -2.65. The summed E-state index contributed by atoms with van der Waals surface area (Å²) in [5, 5.41) is 24.7. The molecule has 0 radical (unpaired) electrons. The zero-order valence-corrected chi connectivity index (χ0v) is 67.2. The molecule has 0 aliphatic rings. The van der Waals surface area contributed by atoms with E-state index in [9.17, 15) is 5.26 Å². The fourth-order valence-electron chi connectivity index (χ4n) is 19.0. The van der Waals surface area contributed by atoms with Crippen molar-refractivity contribution in [3.8, 4) is 95.6 Å². The number of aromatic nitrogens is 4. The van der Waals surface area contributed by atoms with Crippen LogP contribution in [-0.4, -0.2) is 26.3 Å². The Balaban J connectivity index is 0.000000151. The monoisotopic (exact) mass is 1560 g/mol. The van der Waals surface area contributed by atoms with Crippen LogP contribution < -0.4 is 20.7 Å². The number of fused-ring (bicyclic) bond motifs is 12. The van der Waals surface area contributed by atoms with Crippen molar-refractivity contribution in [1.82, 2.24) is 18.3 Å². The van der Waals surface area contributed by atoms with E-state index in [4.69, 9.17) is 0 Å². The highest BCUT2D eigenvalue weighted by molar-refractivity contribution is 7.19. The summed E-state index contributed by atoms with van der Waals surface area (Å²) in [7, 11) is -2.65. The van der Waals surface area contributed by atoms with Gasteiger partial charge in [-0.1, -0.05) is 322 Å². The topological polar surface area (TPSA) is 43.5 Å². The lowest BCUT2D eigenvalue weighted by atomic mass is 9.99. The average Bonchev–Trinajstić information content (AvgIpc) is 0.984. The maximum atomic E-state index is 9.35. The van der Waals surface area contributed by atoms with Gasteiger partial charge in [0.05, 0.1) is 55.8 Å². The Morgan fingerprint density at radius 2 is 0.364 bits per heavy atom. The lowest BCUT2D eigenvalue weighted by Crippen LogP contribution is -2.74. The van der Waals surface area contributed by atoms with Crippen molar-refractivity contribution in [1.29, 1.82) is 5.26 Å². The molecule has 0 atom stereocenters. The highest BCUT2D eigenvalue weighted by Crippen LogP contribution is 2.43. The number of benzene rings is 19. The number of hydrogen-bond donors (Lipinski definition) is 0. The van der Waals surface area contributed by atoms with Gasteiger partial charge in [0.1, 0.15) is 0 Å². The Hall–Kier alpha value is -15.9. The van der Waals surface area contributed by atoms with E-state index in [1.54, 1.807) is 0 Å². The summed E-state index contributed by atoms with van der Waals surface area (Å²) in [6.45, 7) is 0. The number of para-hydroxylation sites is 4. The highest BCUT2D eigenvalue weighted by atomic mass is 28.3. The normalized spacial score (nSPS) is 11.6. The second-order valence-corrected chi connectivity index (χ2v) is 35.2. The van der Waals surface area contributed by atoms with Crippen molar-refractivity contribution < 1.29 is 0 Å². The van der Waals surface area contributed by atoms with Gasteiger partial charge in [0.25, 0.3) is 0 Å². The Labute approximate surface area is 703 Å². The molecule has 0 saturated heterocycles. The summed E-state index contributed by atoms with van der Waals surface area (Å²) in [6.07, 6.45) is 0. The predicted octanol–water partition coefficient (Wildman–Crippen LogP) is 27.0. The molecule has 4 heterocycles. The van der Waals surface area contributed by atoms with E-state index in [2.05, 4.69) is 467 Å². The molecule has 23 aromatic rings. The minimum absolute atomic E-state index is 0.658. The first kappa shape index (κ1) is 71.6. The summed E-state index contributed by atoms with van der Waals surface area (Å²) < 4.78 is 9.52. The van der Waals surface area contributed by atoms with Gasteiger partial charge in [0, 0.05) is 65.8 Å². The smallest absolute Gasteiger partial charge is 0.179 e. The lowest BCUT2D eigenvalue weighted by molar-refractivity contribution is 1.18. The van der Waals surface area contributed by atoms with Crippen molar-refractivity contribution in [3.63, 3.8) is 0 Å². The van der Waals surface area contributed by atoms with Crippen molar-refractivity contribution in [3.05, 3.63) is 473 Å². The fraction of sp³-hybridized carbons (Fsp3) is 0. The fourth-order valence-corrected chi connectivity index (χ4v) is 23.7. The van der Waals surface area contributed by atoms with Gasteiger partial charge in [-0.05, 0) is 233 Å². The van der Waals surface area contributed by atoms with Crippen LogP contribution in [0.3, 0.4) is 0 Å². The summed E-state index contributed by atoms with van der Waals surface area (Å²) in [6, 6.07) is 172. The van der Waals surface area contributed by atoms with Gasteiger partial charge in [0.15, 0.2) is 8.07 Å². The number of hydrogen-bond acceptors (Lipinski definition) is 1. The van der Waals surface area contributed by atoms with E-state index in [0.29, 0.717) is 5.56 Å². The molecule has 0 amide bonds. The molecule has 4 aromatic heterocycles. The van der Waals surface area contributed by atoms with Crippen LogP contribution in [0.15, 0.2) is 467 Å². The molecule has 0 bridgehead atoms. The maximum Gasteiger partial charge on any atom is 0.179 e. The number of nitrogens with zero attached hydrogens (tertiary/aromatic N) is 5. The zero-order valence-electron chi connectivity index (χ0n) is 66.2. The molecule has 23 rings (SSSR count). The number of nitriles is 1. The standard InChI is InChI=1S/C66H46N2Si.C49H31N3/c1-5-18-47(19-6-1)49-20-17-21-50(44-49)48-32-36-53(37-33-48)67-63-30-15-13-28-59(63)61-45-51(34-42-65(61)67)52-35-43-66-62(46-52)60-29-14-16-31-64(60)68(66)54-38-40-58(41-39-54)69(55-22-7-2-8-23-55,56-24-9-3-10-25-56)57-26-11-4-12-27-57;50-32-33-17-23-40(24-18-33)51-46-15-6-4-13-42(46)44-30-38(21-27-48(44)51)39-22-28-49-45(31-39)43-14-5-7-16-47(43)52(49)41-25-19-35(20-26-41)37-12-8-11-36(29-37)34-9-2-1-3-10-34/h1-46H;1-31H. The van der Waals surface area contributed by atoms with Gasteiger partial charge >= 0.3 is 0 Å². The number of rotatable bonds is 14. The van der Waals surface area contributed by atoms with Crippen LogP contribution in [0.25, 0.3) is 177 Å². The molecule has 0 unspecified atom stereocenters. The van der Waals surface area contributed by atoms with E-state index in [0.717, 1.165) is 33.8 Å². The largest absolute Gasteiger partial charge is 0.309 e. The molecule has 0 aliphatic heterocycles. The quantitative estimate of drug-likeness (QED) is 0.0790. The van der Waals surface area contributed by atoms with E-state index in [-0.39, 0.29) is 0 Å². The molecular weight excluding hydrogens is 1480 g/mol. The summed E-state index contributed by atoms with van der Waals surface area (Å²) in [5.74, 6) is 0. The molecule has 121 heavy (non-hydrogen) atoms. The Bertz CT molecular complexity index is 7800. The Morgan fingerprint density at radius 1 is 0.157 bits per heavy atom. The van der Waals surface area contributed by atoms with Gasteiger partial charge in [-0.15, -0.1) is 0 Å². The van der Waals surface area contributed by atoms with Crippen molar-refractivity contribution in [2.24, 2.45) is 0 Å². The van der Waals surface area contributed by atoms with Gasteiger partial charge in [-0.3, -0.25) is 0 Å². The first-order valence-electron chi connectivity index (χ1n) is 41.4. The van der Waals surface area contributed by atoms with Crippen LogP contribution in [0, 0.1) is 11.3 Å². The maximum absolute atomic E-state index is 9.35. The van der Waals surface area contributed by atoms with Gasteiger partial charge in [-0.25, -0.2) is 0 Å². The van der Waals surface area contributed by atoms with Crippen LogP contribution in [0.5, 0.6) is 0 Å². The zero-order chi connectivity index (χ0) is 80.3. The van der Waals surface area contributed by atoms with E-state index < -0.39 is 8.07 Å². The average molecular weight is 1560 g/mol. The van der Waals surface area contributed by atoms with Crippen molar-refractivity contribution in [2.45, 2.75) is 0 Å². The third-order valence-electron chi connectivity index (χ3n) is 24.6. The second kappa shape index (κ2) is 30.3. The molecule has 0 spiro atoms. The molecule has 0 aliphatic carbocycles. The van der Waals surface area contributed by atoms with Gasteiger partial charge in [0.2, 0.25) is 0 Å². The van der Waals surface area contributed by atoms with Crippen LogP contribution in [0.4, 0.5) is 0 Å². The van der Waals surface area contributed by atoms with Crippen LogP contribution >= 0.6 is 0 Å². The Kier molecular flexibility index (Phi) is 17.9. The first-order valence-corrected chi connectivity index (χ1v) is 43.4. The van der Waals surface area contributed by atoms with Crippen molar-refractivity contribution in [2.75, 3.05) is 0 Å². The highest BCUT2D eigenvalue weighted by Gasteiger charge is 2.41. The lowest BCUT2D eigenvalue weighted by Gasteiger charge is -2.34. The first-order chi connectivity index (χ1) is 59.9. The van der Waals surface area contributed by atoms with Crippen LogP contribution in [0.1, 0.15) is 5.56 Å². The predicted molar refractivity (Wildman–Crippen MR) is 511 cm³/mol. The Morgan fingerprint density at radius 3 is 0.653 bits per heavy atom. The van der Waals surface area contributed by atoms with Crippen LogP contribution in [-0.2, 0) is 0 Å². The molecule has 5 nitrogen and oxygen atoms in total. The third-order valence-corrected chi connectivity index (χ3v) is 29.4. The molecule has 6 heteroatoms. The third kappa shape index (κ3) is 12.5. The summed E-state index contributed by atoms with van der Waals surface area (Å²) in [5.41, 5.74) is 29.0. The molecule has 0 saturated carbocycles. The van der Waals surface area contributed by atoms with E-state index in [1.807, 2.05) is 24.3 Å². The van der Waals surface area contributed by atoms with E-state index >= 15 is 0 Å². The molecule has 19 aromatic carbocycles. The molecule has 0 N–H and O–H groups in total. The summed E-state index contributed by atoms with van der Waals surface area (Å²) >= 11 is 0. The molecule has 0 fully saturated rings. The molecule has 566 valence electrons. The summed E-state index contributed by atoms with van der Waals surface area (Å²) in [4.78, 5) is 0. The van der Waals surface area contributed by atoms with Gasteiger partial charge in [-0.2, -0.15) is 5.26 Å². The SMILES string of the molecule is N#Cc1ccc(-n2c3ccccc3c3cc(-c4ccc5c(c4)c4ccccc4n5-c4ccc(-c5cccc(-c6ccccc6)c5)cc4)ccc32)cc1.c1ccc(-c2cccc(-c3ccc(-n4c5ccccc5c5cc(-c6ccc7c(c6)c6ccccc6n7-c6ccc([Si](c7ccccc7)(c7ccccc7)c7ccccc7)cc6)ccc54)cc3)c2)cc1. The van der Waals surface area contributed by atoms with Crippen molar-refractivity contribution >= 4 is 116 Å². The minimum Gasteiger partial charge on any atom is -0.309 e. The molecular formula is C115H77N5Si. The van der Waals surface area contributed by atoms with Gasteiger partial charge < -0.3 is 18.3 Å².